The number of carbonyl (C=O) groups excluding carboxylic acids is 2. The summed E-state index contributed by atoms with van der Waals surface area (Å²) < 4.78 is 1.90. The van der Waals surface area contributed by atoms with Gasteiger partial charge in [-0.05, 0) is 18.1 Å². The number of nitrogens with one attached hydrogen (secondary N) is 1. The van der Waals surface area contributed by atoms with Crippen LogP contribution in [0.1, 0.15) is 42.0 Å². The summed E-state index contributed by atoms with van der Waals surface area (Å²) in [6, 6.07) is 19.8. The van der Waals surface area contributed by atoms with Gasteiger partial charge in [-0.25, -0.2) is 0 Å². The van der Waals surface area contributed by atoms with Gasteiger partial charge in [-0.3, -0.25) is 14.3 Å². The number of rotatable bonds is 7. The third kappa shape index (κ3) is 4.68. The highest BCUT2D eigenvalue weighted by molar-refractivity contribution is 5.83. The van der Waals surface area contributed by atoms with Gasteiger partial charge in [0.15, 0.2) is 0 Å². The van der Waals surface area contributed by atoms with Crippen LogP contribution >= 0.6 is 0 Å². The highest BCUT2D eigenvalue weighted by atomic mass is 16.2. The quantitative estimate of drug-likeness (QED) is 0.642. The minimum Gasteiger partial charge on any atom is -0.355 e. The maximum absolute atomic E-state index is 12.7. The molecule has 0 radical (unpaired) electrons. The molecule has 31 heavy (non-hydrogen) atoms. The molecular weight excluding hydrogens is 388 g/mol. The number of likely N-dealkylation sites (tertiary alicyclic amines) is 1. The van der Waals surface area contributed by atoms with E-state index in [4.69, 9.17) is 0 Å². The molecule has 1 aliphatic heterocycles. The Labute approximate surface area is 182 Å². The topological polar surface area (TPSA) is 67.2 Å². The molecule has 1 aliphatic rings. The first-order valence-corrected chi connectivity index (χ1v) is 10.7. The highest BCUT2D eigenvalue weighted by Gasteiger charge is 2.39. The standard InChI is InChI=1S/C25H28N4O2/c1-18(20-11-7-4-8-12-20)25(31)26-14-21-13-23(30)28(2)24(21)22-15-27-29(17-22)16-19-9-5-3-6-10-19/h3-12,15,17-18,21,24H,13-14,16H2,1-2H3,(H,26,31)/t18-,21-,24+/m0/s1. The Morgan fingerprint density at radius 1 is 1.13 bits per heavy atom. The van der Waals surface area contributed by atoms with Crippen LogP contribution in [0.15, 0.2) is 73.1 Å². The van der Waals surface area contributed by atoms with Gasteiger partial charge in [-0.1, -0.05) is 60.7 Å². The first-order valence-electron chi connectivity index (χ1n) is 10.7. The monoisotopic (exact) mass is 416 g/mol. The molecule has 2 heterocycles. The van der Waals surface area contributed by atoms with Crippen molar-refractivity contribution in [2.24, 2.45) is 5.92 Å². The largest absolute Gasteiger partial charge is 0.355 e. The summed E-state index contributed by atoms with van der Waals surface area (Å²) in [6.45, 7) is 3.05. The van der Waals surface area contributed by atoms with E-state index in [9.17, 15) is 9.59 Å². The molecule has 1 saturated heterocycles. The van der Waals surface area contributed by atoms with E-state index < -0.39 is 0 Å². The molecule has 0 bridgehead atoms. The summed E-state index contributed by atoms with van der Waals surface area (Å²) in [6.07, 6.45) is 4.27. The predicted octanol–water partition coefficient (Wildman–Crippen LogP) is 3.37. The SMILES string of the molecule is C[C@H](C(=O)NC[C@@H]1CC(=O)N(C)[C@H]1c1cnn(Cc2ccccc2)c1)c1ccccc1. The lowest BCUT2D eigenvalue weighted by Crippen LogP contribution is -2.34. The molecule has 1 fully saturated rings. The average molecular weight is 417 g/mol. The van der Waals surface area contributed by atoms with Crippen molar-refractivity contribution in [3.05, 3.63) is 89.7 Å². The number of hydrogen-bond donors (Lipinski definition) is 1. The molecule has 2 aromatic carbocycles. The molecule has 6 nitrogen and oxygen atoms in total. The minimum absolute atomic E-state index is 0.0128. The van der Waals surface area contributed by atoms with E-state index in [0.29, 0.717) is 19.5 Å². The molecule has 1 N–H and O–H groups in total. The van der Waals surface area contributed by atoms with Gasteiger partial charge in [-0.15, -0.1) is 0 Å². The number of carbonyl (C=O) groups is 2. The minimum atomic E-state index is -0.233. The van der Waals surface area contributed by atoms with Crippen molar-refractivity contribution < 1.29 is 9.59 Å². The van der Waals surface area contributed by atoms with E-state index in [0.717, 1.165) is 11.1 Å². The Kier molecular flexibility index (Phi) is 6.16. The fourth-order valence-corrected chi connectivity index (χ4v) is 4.30. The van der Waals surface area contributed by atoms with Crippen LogP contribution in [0, 0.1) is 5.92 Å². The van der Waals surface area contributed by atoms with E-state index in [1.807, 2.05) is 79.6 Å². The first kappa shape index (κ1) is 20.8. The van der Waals surface area contributed by atoms with Crippen molar-refractivity contribution in [1.29, 1.82) is 0 Å². The lowest BCUT2D eigenvalue weighted by atomic mass is 9.95. The molecule has 0 aliphatic carbocycles. The zero-order chi connectivity index (χ0) is 21.8. The van der Waals surface area contributed by atoms with E-state index in [1.165, 1.54) is 5.56 Å². The van der Waals surface area contributed by atoms with Crippen molar-refractivity contribution in [2.45, 2.75) is 31.8 Å². The zero-order valence-corrected chi connectivity index (χ0v) is 17.9. The lowest BCUT2D eigenvalue weighted by Gasteiger charge is -2.24. The number of hydrogen-bond acceptors (Lipinski definition) is 3. The smallest absolute Gasteiger partial charge is 0.227 e. The molecule has 0 saturated carbocycles. The van der Waals surface area contributed by atoms with Gasteiger partial charge in [-0.2, -0.15) is 5.10 Å². The maximum Gasteiger partial charge on any atom is 0.227 e. The lowest BCUT2D eigenvalue weighted by molar-refractivity contribution is -0.127. The Morgan fingerprint density at radius 2 is 1.81 bits per heavy atom. The Bertz CT molecular complexity index is 1030. The number of benzene rings is 2. The number of nitrogens with zero attached hydrogens (tertiary/aromatic N) is 3. The van der Waals surface area contributed by atoms with Crippen LogP contribution in [0.5, 0.6) is 0 Å². The molecule has 0 spiro atoms. The molecule has 1 aromatic heterocycles. The van der Waals surface area contributed by atoms with Crippen LogP contribution < -0.4 is 5.32 Å². The van der Waals surface area contributed by atoms with E-state index >= 15 is 0 Å². The molecular formula is C25H28N4O2. The predicted molar refractivity (Wildman–Crippen MR) is 119 cm³/mol. The zero-order valence-electron chi connectivity index (χ0n) is 17.9. The van der Waals surface area contributed by atoms with Crippen molar-refractivity contribution in [3.8, 4) is 0 Å². The average Bonchev–Trinajstić information content (AvgIpc) is 3.36. The summed E-state index contributed by atoms with van der Waals surface area (Å²) in [5.74, 6) is -0.148. The molecule has 0 unspecified atom stereocenters. The summed E-state index contributed by atoms with van der Waals surface area (Å²) in [4.78, 5) is 26.9. The second kappa shape index (κ2) is 9.16. The summed E-state index contributed by atoms with van der Waals surface area (Å²) >= 11 is 0. The second-order valence-electron chi connectivity index (χ2n) is 8.25. The van der Waals surface area contributed by atoms with Gasteiger partial charge in [0.1, 0.15) is 0 Å². The number of amides is 2. The fraction of sp³-hybridized carbons (Fsp3) is 0.320. The normalized spacial score (nSPS) is 19.4. The Hall–Kier alpha value is -3.41. The Morgan fingerprint density at radius 3 is 2.52 bits per heavy atom. The van der Waals surface area contributed by atoms with Crippen LogP contribution in [0.3, 0.4) is 0 Å². The van der Waals surface area contributed by atoms with E-state index in [2.05, 4.69) is 22.5 Å². The van der Waals surface area contributed by atoms with E-state index in [1.54, 1.807) is 4.90 Å². The molecule has 2 amide bonds. The van der Waals surface area contributed by atoms with Gasteiger partial charge in [0.05, 0.1) is 24.7 Å². The molecule has 6 heteroatoms. The summed E-state index contributed by atoms with van der Waals surface area (Å²) in [7, 11) is 1.83. The van der Waals surface area contributed by atoms with Crippen molar-refractivity contribution in [3.63, 3.8) is 0 Å². The highest BCUT2D eigenvalue weighted by Crippen LogP contribution is 2.36. The van der Waals surface area contributed by atoms with Gasteiger partial charge >= 0.3 is 0 Å². The molecule has 4 rings (SSSR count). The fourth-order valence-electron chi connectivity index (χ4n) is 4.30. The van der Waals surface area contributed by atoms with Gasteiger partial charge < -0.3 is 10.2 Å². The van der Waals surface area contributed by atoms with Crippen molar-refractivity contribution in [1.82, 2.24) is 20.0 Å². The van der Waals surface area contributed by atoms with Crippen LogP contribution in [-0.4, -0.2) is 40.1 Å². The third-order valence-corrected chi connectivity index (χ3v) is 6.11. The maximum atomic E-state index is 12.7. The summed E-state index contributed by atoms with van der Waals surface area (Å²) in [5.41, 5.74) is 3.16. The van der Waals surface area contributed by atoms with Gasteiger partial charge in [0.2, 0.25) is 11.8 Å². The van der Waals surface area contributed by atoms with Crippen LogP contribution in [-0.2, 0) is 16.1 Å². The molecule has 3 atom stereocenters. The number of aromatic nitrogens is 2. The molecule has 160 valence electrons. The Balaban J connectivity index is 1.43. The molecule has 3 aromatic rings. The summed E-state index contributed by atoms with van der Waals surface area (Å²) in [5, 5.41) is 7.57. The second-order valence-corrected chi connectivity index (χ2v) is 8.25. The van der Waals surface area contributed by atoms with Crippen LogP contribution in [0.4, 0.5) is 0 Å². The van der Waals surface area contributed by atoms with E-state index in [-0.39, 0.29) is 29.7 Å². The van der Waals surface area contributed by atoms with Crippen LogP contribution in [0.2, 0.25) is 0 Å². The van der Waals surface area contributed by atoms with Crippen LogP contribution in [0.25, 0.3) is 0 Å². The van der Waals surface area contributed by atoms with Crippen molar-refractivity contribution in [2.75, 3.05) is 13.6 Å². The first-order chi connectivity index (χ1) is 15.0. The van der Waals surface area contributed by atoms with Gasteiger partial charge in [0, 0.05) is 37.7 Å². The third-order valence-electron chi connectivity index (χ3n) is 6.11. The van der Waals surface area contributed by atoms with Gasteiger partial charge in [0.25, 0.3) is 0 Å². The van der Waals surface area contributed by atoms with Crippen molar-refractivity contribution >= 4 is 11.8 Å².